The topological polar surface area (TPSA) is 32.3 Å². The molecule has 0 aromatic rings. The number of nitrogens with zero attached hydrogens (tertiary/aromatic N) is 1. The fourth-order valence-electron chi connectivity index (χ4n) is 1.84. The molecule has 3 nitrogen and oxygen atoms in total. The summed E-state index contributed by atoms with van der Waals surface area (Å²) in [5.74, 6) is 0.318. The van der Waals surface area contributed by atoms with Crippen molar-refractivity contribution in [3.05, 3.63) is 0 Å². The molecule has 1 saturated heterocycles. The van der Waals surface area contributed by atoms with Gasteiger partial charge < -0.3 is 10.2 Å². The van der Waals surface area contributed by atoms with Crippen LogP contribution in [0.5, 0.6) is 0 Å². The Morgan fingerprint density at radius 3 is 2.56 bits per heavy atom. The molecule has 96 valence electrons. The fraction of sp³-hybridized carbons (Fsp3) is 0.917. The van der Waals surface area contributed by atoms with Crippen molar-refractivity contribution < 1.29 is 4.79 Å². The predicted octanol–water partition coefficient (Wildman–Crippen LogP) is 2.05. The molecule has 1 fully saturated rings. The van der Waals surface area contributed by atoms with Crippen LogP contribution in [0.2, 0.25) is 0 Å². The van der Waals surface area contributed by atoms with Gasteiger partial charge in [0.15, 0.2) is 0 Å². The van der Waals surface area contributed by atoms with Gasteiger partial charge in [-0.2, -0.15) is 0 Å². The minimum Gasteiger partial charge on any atom is -0.337 e. The number of carbonyl (C=O) groups excluding carboxylic acids is 1. The van der Waals surface area contributed by atoms with Crippen molar-refractivity contribution in [2.24, 2.45) is 5.41 Å². The van der Waals surface area contributed by atoms with Gasteiger partial charge in [-0.05, 0) is 18.8 Å². The van der Waals surface area contributed by atoms with Crippen LogP contribution in [-0.4, -0.2) is 36.5 Å². The lowest BCUT2D eigenvalue weighted by Crippen LogP contribution is -2.52. The second-order valence-electron chi connectivity index (χ2n) is 5.70. The Hall–Kier alpha value is -0.280. The van der Waals surface area contributed by atoms with Crippen LogP contribution in [0.3, 0.4) is 0 Å². The Kier molecular flexibility index (Phi) is 6.34. The highest BCUT2D eigenvalue weighted by atomic mass is 35.5. The lowest BCUT2D eigenvalue weighted by Gasteiger charge is -2.34. The number of carbonyl (C=O) groups is 1. The summed E-state index contributed by atoms with van der Waals surface area (Å²) >= 11 is 0. The van der Waals surface area contributed by atoms with Crippen LogP contribution >= 0.6 is 12.4 Å². The van der Waals surface area contributed by atoms with E-state index in [0.717, 1.165) is 26.1 Å². The summed E-state index contributed by atoms with van der Waals surface area (Å²) in [6.45, 7) is 11.4. The minimum atomic E-state index is 0. The van der Waals surface area contributed by atoms with Crippen molar-refractivity contribution in [2.75, 3.05) is 19.6 Å². The molecule has 1 rings (SSSR count). The molecule has 0 spiro atoms. The molecule has 0 saturated carbocycles. The van der Waals surface area contributed by atoms with E-state index >= 15 is 0 Å². The van der Waals surface area contributed by atoms with Crippen molar-refractivity contribution in [2.45, 2.75) is 46.6 Å². The molecule has 1 atom stereocenters. The van der Waals surface area contributed by atoms with Gasteiger partial charge in [-0.1, -0.05) is 20.8 Å². The number of rotatable bonds is 2. The average Bonchev–Trinajstić information content (AvgIpc) is 2.14. The van der Waals surface area contributed by atoms with Gasteiger partial charge in [-0.3, -0.25) is 4.79 Å². The summed E-state index contributed by atoms with van der Waals surface area (Å²) in [5.41, 5.74) is 0.257. The van der Waals surface area contributed by atoms with Crippen LogP contribution in [0.25, 0.3) is 0 Å². The molecule has 16 heavy (non-hydrogen) atoms. The minimum absolute atomic E-state index is 0. The van der Waals surface area contributed by atoms with Crippen LogP contribution in [0.15, 0.2) is 0 Å². The average molecular weight is 249 g/mol. The quantitative estimate of drug-likeness (QED) is 0.811. The molecule has 0 radical (unpaired) electrons. The number of amides is 1. The first-order chi connectivity index (χ1) is 6.90. The van der Waals surface area contributed by atoms with Crippen LogP contribution in [0, 0.1) is 5.41 Å². The van der Waals surface area contributed by atoms with E-state index in [1.54, 1.807) is 0 Å². The number of hydrogen-bond acceptors (Lipinski definition) is 2. The Labute approximate surface area is 105 Å². The lowest BCUT2D eigenvalue weighted by molar-refractivity contribution is -0.134. The molecule has 1 aliphatic rings. The molecule has 0 aliphatic carbocycles. The maximum atomic E-state index is 12.0. The van der Waals surface area contributed by atoms with Gasteiger partial charge in [0.1, 0.15) is 0 Å². The van der Waals surface area contributed by atoms with Crippen LogP contribution in [-0.2, 0) is 4.79 Å². The molecule has 0 aromatic heterocycles. The van der Waals surface area contributed by atoms with Crippen LogP contribution in [0.1, 0.15) is 40.5 Å². The standard InChI is InChI=1S/C12H24N2O.ClH/c1-10-9-13-7-8-14(10)11(15)5-6-12(2,3)4;/h10,13H,5-9H2,1-4H3;1H/t10-;/m1./s1. The third-order valence-electron chi connectivity index (χ3n) is 2.91. The van der Waals surface area contributed by atoms with Gasteiger partial charge in [0, 0.05) is 32.1 Å². The SMILES string of the molecule is C[C@@H]1CNCCN1C(=O)CCC(C)(C)C.Cl. The molecular weight excluding hydrogens is 224 g/mol. The zero-order valence-corrected chi connectivity index (χ0v) is 11.7. The zero-order chi connectivity index (χ0) is 11.5. The van der Waals surface area contributed by atoms with Crippen molar-refractivity contribution in [3.8, 4) is 0 Å². The van der Waals surface area contributed by atoms with E-state index in [1.807, 2.05) is 4.90 Å². The molecule has 1 heterocycles. The Morgan fingerprint density at radius 1 is 1.44 bits per heavy atom. The monoisotopic (exact) mass is 248 g/mol. The van der Waals surface area contributed by atoms with Gasteiger partial charge >= 0.3 is 0 Å². The maximum Gasteiger partial charge on any atom is 0.222 e. The molecule has 0 bridgehead atoms. The van der Waals surface area contributed by atoms with Crippen molar-refractivity contribution in [3.63, 3.8) is 0 Å². The maximum absolute atomic E-state index is 12.0. The lowest BCUT2D eigenvalue weighted by atomic mass is 9.90. The summed E-state index contributed by atoms with van der Waals surface area (Å²) in [6, 6.07) is 0.353. The smallest absolute Gasteiger partial charge is 0.222 e. The predicted molar refractivity (Wildman–Crippen MR) is 70.0 cm³/mol. The first-order valence-electron chi connectivity index (χ1n) is 5.90. The molecule has 1 aliphatic heterocycles. The van der Waals surface area contributed by atoms with Crippen molar-refractivity contribution in [1.29, 1.82) is 0 Å². The largest absolute Gasteiger partial charge is 0.337 e. The van der Waals surface area contributed by atoms with Gasteiger partial charge in [-0.15, -0.1) is 12.4 Å². The van der Waals surface area contributed by atoms with E-state index in [2.05, 4.69) is 33.0 Å². The first kappa shape index (κ1) is 15.7. The van der Waals surface area contributed by atoms with E-state index < -0.39 is 0 Å². The van der Waals surface area contributed by atoms with Gasteiger partial charge in [0.2, 0.25) is 5.91 Å². The molecular formula is C12H25ClN2O. The third-order valence-corrected chi connectivity index (χ3v) is 2.91. The highest BCUT2D eigenvalue weighted by Gasteiger charge is 2.23. The molecule has 0 aromatic carbocycles. The van der Waals surface area contributed by atoms with Gasteiger partial charge in [0.25, 0.3) is 0 Å². The van der Waals surface area contributed by atoms with Gasteiger partial charge in [-0.25, -0.2) is 0 Å². The summed E-state index contributed by atoms with van der Waals surface area (Å²) in [4.78, 5) is 14.0. The second-order valence-corrected chi connectivity index (χ2v) is 5.70. The normalized spacial score (nSPS) is 21.5. The second kappa shape index (κ2) is 6.45. The summed E-state index contributed by atoms with van der Waals surface area (Å²) in [7, 11) is 0. The molecule has 4 heteroatoms. The van der Waals surface area contributed by atoms with Crippen molar-refractivity contribution in [1.82, 2.24) is 10.2 Å². The summed E-state index contributed by atoms with van der Waals surface area (Å²) < 4.78 is 0. The number of nitrogens with one attached hydrogen (secondary N) is 1. The Bertz CT molecular complexity index is 226. The van der Waals surface area contributed by atoms with Crippen LogP contribution < -0.4 is 5.32 Å². The van der Waals surface area contributed by atoms with Crippen molar-refractivity contribution >= 4 is 18.3 Å². The first-order valence-corrected chi connectivity index (χ1v) is 5.90. The Morgan fingerprint density at radius 2 is 2.06 bits per heavy atom. The molecule has 0 unspecified atom stereocenters. The zero-order valence-electron chi connectivity index (χ0n) is 10.9. The van der Waals surface area contributed by atoms with E-state index in [9.17, 15) is 4.79 Å². The Balaban J connectivity index is 0.00000225. The van der Waals surface area contributed by atoms with E-state index in [4.69, 9.17) is 0 Å². The highest BCUT2D eigenvalue weighted by Crippen LogP contribution is 2.21. The van der Waals surface area contributed by atoms with E-state index in [1.165, 1.54) is 0 Å². The number of hydrogen-bond donors (Lipinski definition) is 1. The van der Waals surface area contributed by atoms with E-state index in [0.29, 0.717) is 18.4 Å². The summed E-state index contributed by atoms with van der Waals surface area (Å²) in [6.07, 6.45) is 1.66. The number of halogens is 1. The number of piperazine rings is 1. The third kappa shape index (κ3) is 5.17. The van der Waals surface area contributed by atoms with E-state index in [-0.39, 0.29) is 17.8 Å². The highest BCUT2D eigenvalue weighted by molar-refractivity contribution is 5.85. The molecule has 1 N–H and O–H groups in total. The van der Waals surface area contributed by atoms with Gasteiger partial charge in [0.05, 0.1) is 0 Å². The molecule has 1 amide bonds. The summed E-state index contributed by atoms with van der Waals surface area (Å²) in [5, 5.41) is 3.30. The van der Waals surface area contributed by atoms with Crippen LogP contribution in [0.4, 0.5) is 0 Å². The fourth-order valence-corrected chi connectivity index (χ4v) is 1.84.